The number of aromatic nitrogens is 2. The molecule has 0 spiro atoms. The Morgan fingerprint density at radius 2 is 2.08 bits per heavy atom. The first kappa shape index (κ1) is 17.5. The van der Waals surface area contributed by atoms with E-state index in [1.807, 2.05) is 28.9 Å². The summed E-state index contributed by atoms with van der Waals surface area (Å²) in [6.07, 6.45) is 12.4. The van der Waals surface area contributed by atoms with Gasteiger partial charge in [-0.15, -0.1) is 0 Å². The van der Waals surface area contributed by atoms with Gasteiger partial charge in [0.15, 0.2) is 0 Å². The molecule has 0 radical (unpaired) electrons. The minimum Gasteiger partial charge on any atom is -0.350 e. The summed E-state index contributed by atoms with van der Waals surface area (Å²) in [4.78, 5) is 17.0. The van der Waals surface area contributed by atoms with E-state index in [2.05, 4.69) is 33.2 Å². The smallest absolute Gasteiger partial charge is 0.223 e. The van der Waals surface area contributed by atoms with Crippen LogP contribution in [0.3, 0.4) is 0 Å². The van der Waals surface area contributed by atoms with Crippen molar-refractivity contribution in [2.75, 3.05) is 0 Å². The van der Waals surface area contributed by atoms with Gasteiger partial charge >= 0.3 is 0 Å². The lowest BCUT2D eigenvalue weighted by atomic mass is 9.79. The molecule has 130 valence electrons. The van der Waals surface area contributed by atoms with E-state index in [9.17, 15) is 4.79 Å². The SMILES string of the molecule is CCCCC1CCC(C(=O)NCc2cn3cc(Br)ccc3n2)CC1. The predicted octanol–water partition coefficient (Wildman–Crippen LogP) is 4.71. The van der Waals surface area contributed by atoms with Gasteiger partial charge in [0.2, 0.25) is 5.91 Å². The molecule has 4 nitrogen and oxygen atoms in total. The van der Waals surface area contributed by atoms with Crippen LogP contribution in [0, 0.1) is 11.8 Å². The summed E-state index contributed by atoms with van der Waals surface area (Å²) in [6.45, 7) is 2.75. The fourth-order valence-electron chi connectivity index (χ4n) is 3.63. The lowest BCUT2D eigenvalue weighted by molar-refractivity contribution is -0.126. The molecule has 0 aliphatic heterocycles. The van der Waals surface area contributed by atoms with Crippen LogP contribution in [0.25, 0.3) is 5.65 Å². The van der Waals surface area contributed by atoms with Gasteiger partial charge in [0.25, 0.3) is 0 Å². The maximum atomic E-state index is 12.4. The number of unbranched alkanes of at least 4 members (excludes halogenated alkanes) is 1. The van der Waals surface area contributed by atoms with Crippen molar-refractivity contribution in [3.05, 3.63) is 34.7 Å². The Hall–Kier alpha value is -1.36. The van der Waals surface area contributed by atoms with Crippen molar-refractivity contribution in [1.82, 2.24) is 14.7 Å². The number of carbonyl (C=O) groups is 1. The largest absolute Gasteiger partial charge is 0.350 e. The minimum atomic E-state index is 0.189. The highest BCUT2D eigenvalue weighted by atomic mass is 79.9. The summed E-state index contributed by atoms with van der Waals surface area (Å²) in [5.74, 6) is 1.22. The fraction of sp³-hybridized carbons (Fsp3) is 0.579. The summed E-state index contributed by atoms with van der Waals surface area (Å²) >= 11 is 3.46. The Kier molecular flexibility index (Phi) is 5.93. The second kappa shape index (κ2) is 8.15. The standard InChI is InChI=1S/C19H26BrN3O/c1-2-3-4-14-5-7-15(8-6-14)19(24)21-11-17-13-23-12-16(20)9-10-18(23)22-17/h9-10,12-15H,2-8,11H2,1H3,(H,21,24). The normalized spacial score (nSPS) is 21.1. The van der Waals surface area contributed by atoms with Crippen LogP contribution in [0.15, 0.2) is 29.0 Å². The first-order chi connectivity index (χ1) is 11.7. The van der Waals surface area contributed by atoms with Crippen LogP contribution < -0.4 is 5.32 Å². The number of hydrogen-bond donors (Lipinski definition) is 1. The molecule has 0 aromatic carbocycles. The van der Waals surface area contributed by atoms with E-state index in [0.29, 0.717) is 6.54 Å². The number of pyridine rings is 1. The van der Waals surface area contributed by atoms with Crippen molar-refractivity contribution >= 4 is 27.5 Å². The molecule has 2 heterocycles. The highest BCUT2D eigenvalue weighted by molar-refractivity contribution is 9.10. The van der Waals surface area contributed by atoms with Gasteiger partial charge in [-0.2, -0.15) is 0 Å². The van der Waals surface area contributed by atoms with Crippen LogP contribution in [-0.4, -0.2) is 15.3 Å². The summed E-state index contributed by atoms with van der Waals surface area (Å²) < 4.78 is 2.99. The number of rotatable bonds is 6. The van der Waals surface area contributed by atoms with Crippen LogP contribution in [0.5, 0.6) is 0 Å². The summed E-state index contributed by atoms with van der Waals surface area (Å²) in [5, 5.41) is 3.08. The molecular formula is C19H26BrN3O. The molecule has 1 fully saturated rings. The molecule has 2 aromatic heterocycles. The van der Waals surface area contributed by atoms with Gasteiger partial charge in [0.05, 0.1) is 12.2 Å². The van der Waals surface area contributed by atoms with E-state index in [0.717, 1.165) is 34.6 Å². The molecule has 0 saturated heterocycles. The Bertz CT molecular complexity index is 689. The van der Waals surface area contributed by atoms with Gasteiger partial charge in [-0.1, -0.05) is 26.2 Å². The molecule has 1 saturated carbocycles. The van der Waals surface area contributed by atoms with Crippen molar-refractivity contribution in [3.8, 4) is 0 Å². The van der Waals surface area contributed by atoms with Gasteiger partial charge in [-0.05, 0) is 59.7 Å². The van der Waals surface area contributed by atoms with Gasteiger partial charge < -0.3 is 9.72 Å². The molecule has 5 heteroatoms. The average molecular weight is 392 g/mol. The number of amides is 1. The number of halogens is 1. The first-order valence-corrected chi connectivity index (χ1v) is 9.86. The number of imidazole rings is 1. The number of carbonyl (C=O) groups excluding carboxylic acids is 1. The summed E-state index contributed by atoms with van der Waals surface area (Å²) in [5.41, 5.74) is 1.80. The van der Waals surface area contributed by atoms with Gasteiger partial charge in [-0.25, -0.2) is 4.98 Å². The molecule has 0 bridgehead atoms. The Morgan fingerprint density at radius 1 is 1.29 bits per heavy atom. The zero-order chi connectivity index (χ0) is 16.9. The molecule has 3 rings (SSSR count). The fourth-order valence-corrected chi connectivity index (χ4v) is 3.98. The van der Waals surface area contributed by atoms with Crippen LogP contribution in [0.4, 0.5) is 0 Å². The molecular weight excluding hydrogens is 366 g/mol. The number of nitrogens with zero attached hydrogens (tertiary/aromatic N) is 2. The minimum absolute atomic E-state index is 0.189. The topological polar surface area (TPSA) is 46.4 Å². The highest BCUT2D eigenvalue weighted by Crippen LogP contribution is 2.32. The zero-order valence-corrected chi connectivity index (χ0v) is 15.9. The third-order valence-electron chi connectivity index (χ3n) is 5.09. The van der Waals surface area contributed by atoms with Gasteiger partial charge in [-0.3, -0.25) is 4.79 Å². The second-order valence-electron chi connectivity index (χ2n) is 6.92. The van der Waals surface area contributed by atoms with Crippen molar-refractivity contribution < 1.29 is 4.79 Å². The third-order valence-corrected chi connectivity index (χ3v) is 5.56. The van der Waals surface area contributed by atoms with E-state index < -0.39 is 0 Å². The molecule has 24 heavy (non-hydrogen) atoms. The van der Waals surface area contributed by atoms with E-state index in [-0.39, 0.29) is 11.8 Å². The Balaban J connectivity index is 1.48. The second-order valence-corrected chi connectivity index (χ2v) is 7.84. The van der Waals surface area contributed by atoms with Gasteiger partial charge in [0.1, 0.15) is 5.65 Å². The van der Waals surface area contributed by atoms with Crippen molar-refractivity contribution in [2.45, 2.75) is 58.4 Å². The molecule has 2 aromatic rings. The Morgan fingerprint density at radius 3 is 2.83 bits per heavy atom. The van der Waals surface area contributed by atoms with Crippen molar-refractivity contribution in [1.29, 1.82) is 0 Å². The molecule has 1 amide bonds. The third kappa shape index (κ3) is 4.38. The zero-order valence-electron chi connectivity index (χ0n) is 14.3. The average Bonchev–Trinajstić information content (AvgIpc) is 3.00. The first-order valence-electron chi connectivity index (χ1n) is 9.06. The lowest BCUT2D eigenvalue weighted by Crippen LogP contribution is -2.32. The van der Waals surface area contributed by atoms with Crippen molar-refractivity contribution in [2.24, 2.45) is 11.8 Å². The van der Waals surface area contributed by atoms with Crippen LogP contribution >= 0.6 is 15.9 Å². The van der Waals surface area contributed by atoms with Crippen LogP contribution in [0.2, 0.25) is 0 Å². The Labute approximate surface area is 152 Å². The molecule has 1 aliphatic rings. The van der Waals surface area contributed by atoms with Crippen LogP contribution in [-0.2, 0) is 11.3 Å². The quantitative estimate of drug-likeness (QED) is 0.774. The highest BCUT2D eigenvalue weighted by Gasteiger charge is 2.25. The van der Waals surface area contributed by atoms with Crippen molar-refractivity contribution in [3.63, 3.8) is 0 Å². The van der Waals surface area contributed by atoms with E-state index in [1.165, 1.54) is 32.1 Å². The molecule has 1 aliphatic carbocycles. The van der Waals surface area contributed by atoms with E-state index in [4.69, 9.17) is 0 Å². The summed E-state index contributed by atoms with van der Waals surface area (Å²) in [7, 11) is 0. The number of hydrogen-bond acceptors (Lipinski definition) is 2. The molecule has 1 N–H and O–H groups in total. The monoisotopic (exact) mass is 391 g/mol. The summed E-state index contributed by atoms with van der Waals surface area (Å²) in [6, 6.07) is 3.94. The van der Waals surface area contributed by atoms with Crippen LogP contribution in [0.1, 0.15) is 57.6 Å². The van der Waals surface area contributed by atoms with E-state index >= 15 is 0 Å². The number of nitrogens with one attached hydrogen (secondary N) is 1. The molecule has 0 unspecified atom stereocenters. The molecule has 0 atom stereocenters. The maximum absolute atomic E-state index is 12.4. The van der Waals surface area contributed by atoms with Gasteiger partial charge in [0, 0.05) is 22.8 Å². The number of fused-ring (bicyclic) bond motifs is 1. The lowest BCUT2D eigenvalue weighted by Gasteiger charge is -2.27. The predicted molar refractivity (Wildman–Crippen MR) is 99.7 cm³/mol. The van der Waals surface area contributed by atoms with E-state index in [1.54, 1.807) is 0 Å². The maximum Gasteiger partial charge on any atom is 0.223 e.